The monoisotopic (exact) mass is 232 g/mol. The number of nitrogens with one attached hydrogen (secondary N) is 2. The fourth-order valence-corrected chi connectivity index (χ4v) is 1.62. The minimum Gasteiger partial charge on any atom is -0.355 e. The summed E-state index contributed by atoms with van der Waals surface area (Å²) in [6.45, 7) is 0. The molecule has 6 heteroatoms. The Bertz CT molecular complexity index is 588. The van der Waals surface area contributed by atoms with Crippen molar-refractivity contribution in [2.24, 2.45) is 0 Å². The molecule has 0 unspecified atom stereocenters. The quantitative estimate of drug-likeness (QED) is 0.768. The van der Waals surface area contributed by atoms with Crippen LogP contribution in [-0.2, 0) is 0 Å². The summed E-state index contributed by atoms with van der Waals surface area (Å²) >= 11 is 0. The van der Waals surface area contributed by atoms with Gasteiger partial charge in [0, 0.05) is 20.3 Å². The van der Waals surface area contributed by atoms with Crippen LogP contribution in [0.3, 0.4) is 0 Å². The molecule has 2 aromatic rings. The van der Waals surface area contributed by atoms with E-state index in [1.807, 2.05) is 0 Å². The molecule has 0 aliphatic heterocycles. The van der Waals surface area contributed by atoms with Gasteiger partial charge in [-0.05, 0) is 12.1 Å². The van der Waals surface area contributed by atoms with Gasteiger partial charge in [0.2, 0.25) is 0 Å². The van der Waals surface area contributed by atoms with Crippen LogP contribution in [0.25, 0.3) is 5.52 Å². The smallest absolute Gasteiger partial charge is 0.272 e. The molecule has 0 atom stereocenters. The van der Waals surface area contributed by atoms with Gasteiger partial charge in [0.25, 0.3) is 11.8 Å². The standard InChI is InChI=1S/C11H12N4O2/c1-12-10(16)8-7-5-3-4-6-15(7)14-9(8)11(17)13-2/h3-6H,1-2H3,(H,12,16)(H,13,17). The molecule has 0 aliphatic carbocycles. The summed E-state index contributed by atoms with van der Waals surface area (Å²) in [5.41, 5.74) is 1.01. The highest BCUT2D eigenvalue weighted by atomic mass is 16.2. The number of rotatable bonds is 2. The van der Waals surface area contributed by atoms with Crippen molar-refractivity contribution in [2.45, 2.75) is 0 Å². The first kappa shape index (κ1) is 11.1. The van der Waals surface area contributed by atoms with Crippen molar-refractivity contribution in [1.29, 1.82) is 0 Å². The lowest BCUT2D eigenvalue weighted by atomic mass is 10.1. The average molecular weight is 232 g/mol. The second-order valence-electron chi connectivity index (χ2n) is 3.41. The van der Waals surface area contributed by atoms with Crippen LogP contribution in [0.5, 0.6) is 0 Å². The Morgan fingerprint density at radius 1 is 1.18 bits per heavy atom. The van der Waals surface area contributed by atoms with Crippen LogP contribution in [0, 0.1) is 0 Å². The Labute approximate surface area is 97.6 Å². The molecule has 0 aromatic carbocycles. The molecule has 0 saturated heterocycles. The van der Waals surface area contributed by atoms with E-state index in [0.717, 1.165) is 0 Å². The van der Waals surface area contributed by atoms with E-state index in [9.17, 15) is 9.59 Å². The van der Waals surface area contributed by atoms with Gasteiger partial charge < -0.3 is 10.6 Å². The van der Waals surface area contributed by atoms with E-state index in [1.165, 1.54) is 18.6 Å². The Morgan fingerprint density at radius 3 is 2.53 bits per heavy atom. The Balaban J connectivity index is 2.73. The normalized spacial score (nSPS) is 10.2. The van der Waals surface area contributed by atoms with Crippen LogP contribution in [0.4, 0.5) is 0 Å². The summed E-state index contributed by atoms with van der Waals surface area (Å²) in [6, 6.07) is 5.31. The van der Waals surface area contributed by atoms with Gasteiger partial charge in [0.15, 0.2) is 5.69 Å². The summed E-state index contributed by atoms with van der Waals surface area (Å²) in [6.07, 6.45) is 1.69. The summed E-state index contributed by atoms with van der Waals surface area (Å²) in [5.74, 6) is -0.711. The predicted octanol–water partition coefficient (Wildman–Crippen LogP) is 0.0535. The summed E-state index contributed by atoms with van der Waals surface area (Å²) in [7, 11) is 3.02. The molecule has 2 rings (SSSR count). The molecule has 2 aromatic heterocycles. The molecule has 88 valence electrons. The number of hydrogen-bond donors (Lipinski definition) is 2. The first-order valence-electron chi connectivity index (χ1n) is 5.10. The van der Waals surface area contributed by atoms with Gasteiger partial charge in [-0.1, -0.05) is 6.07 Å². The molecule has 0 spiro atoms. The van der Waals surface area contributed by atoms with Gasteiger partial charge in [-0.2, -0.15) is 5.10 Å². The fourth-order valence-electron chi connectivity index (χ4n) is 1.62. The van der Waals surface area contributed by atoms with E-state index in [-0.39, 0.29) is 23.1 Å². The topological polar surface area (TPSA) is 75.5 Å². The van der Waals surface area contributed by atoms with Crippen LogP contribution in [-0.4, -0.2) is 35.5 Å². The SMILES string of the molecule is CNC(=O)c1nn2ccccc2c1C(=O)NC. The van der Waals surface area contributed by atoms with Crippen LogP contribution in [0.1, 0.15) is 20.8 Å². The highest BCUT2D eigenvalue weighted by molar-refractivity contribution is 6.10. The molecule has 2 N–H and O–H groups in total. The largest absolute Gasteiger partial charge is 0.355 e. The summed E-state index contributed by atoms with van der Waals surface area (Å²) in [4.78, 5) is 23.4. The summed E-state index contributed by atoms with van der Waals surface area (Å²) < 4.78 is 1.51. The van der Waals surface area contributed by atoms with Crippen LogP contribution < -0.4 is 10.6 Å². The maximum Gasteiger partial charge on any atom is 0.272 e. The van der Waals surface area contributed by atoms with Gasteiger partial charge in [-0.3, -0.25) is 9.59 Å². The second-order valence-corrected chi connectivity index (χ2v) is 3.41. The minimum atomic E-state index is -0.382. The van der Waals surface area contributed by atoms with E-state index < -0.39 is 0 Å². The van der Waals surface area contributed by atoms with E-state index in [0.29, 0.717) is 5.52 Å². The molecule has 6 nitrogen and oxygen atoms in total. The average Bonchev–Trinajstić information content (AvgIpc) is 2.76. The highest BCUT2D eigenvalue weighted by Crippen LogP contribution is 2.15. The lowest BCUT2D eigenvalue weighted by Crippen LogP contribution is -2.25. The van der Waals surface area contributed by atoms with E-state index in [2.05, 4.69) is 15.7 Å². The lowest BCUT2D eigenvalue weighted by molar-refractivity contribution is 0.0927. The van der Waals surface area contributed by atoms with Crippen molar-refractivity contribution in [3.63, 3.8) is 0 Å². The molecule has 2 amide bonds. The zero-order valence-corrected chi connectivity index (χ0v) is 9.52. The molecular formula is C11H12N4O2. The third-order valence-corrected chi connectivity index (χ3v) is 2.44. The maximum atomic E-state index is 11.8. The molecular weight excluding hydrogens is 220 g/mol. The number of pyridine rings is 1. The molecule has 2 heterocycles. The van der Waals surface area contributed by atoms with Crippen molar-refractivity contribution in [3.8, 4) is 0 Å². The van der Waals surface area contributed by atoms with E-state index >= 15 is 0 Å². The third kappa shape index (κ3) is 1.73. The van der Waals surface area contributed by atoms with E-state index in [4.69, 9.17) is 0 Å². The Kier molecular flexibility index (Phi) is 2.78. The van der Waals surface area contributed by atoms with Gasteiger partial charge in [-0.15, -0.1) is 0 Å². The Hall–Kier alpha value is -2.37. The van der Waals surface area contributed by atoms with Crippen LogP contribution >= 0.6 is 0 Å². The fraction of sp³-hybridized carbons (Fsp3) is 0.182. The van der Waals surface area contributed by atoms with Crippen molar-refractivity contribution in [1.82, 2.24) is 20.2 Å². The van der Waals surface area contributed by atoms with Crippen molar-refractivity contribution < 1.29 is 9.59 Å². The molecule has 0 radical (unpaired) electrons. The highest BCUT2D eigenvalue weighted by Gasteiger charge is 2.22. The zero-order chi connectivity index (χ0) is 12.4. The third-order valence-electron chi connectivity index (χ3n) is 2.44. The van der Waals surface area contributed by atoms with Crippen LogP contribution in [0.2, 0.25) is 0 Å². The molecule has 0 aliphatic rings. The molecule has 0 saturated carbocycles. The molecule has 17 heavy (non-hydrogen) atoms. The number of carbonyl (C=O) groups excluding carboxylic acids is 2. The number of amides is 2. The van der Waals surface area contributed by atoms with Gasteiger partial charge in [0.1, 0.15) is 0 Å². The number of hydrogen-bond acceptors (Lipinski definition) is 3. The van der Waals surface area contributed by atoms with E-state index in [1.54, 1.807) is 24.4 Å². The molecule has 0 bridgehead atoms. The number of fused-ring (bicyclic) bond motifs is 1. The Morgan fingerprint density at radius 2 is 1.88 bits per heavy atom. The predicted molar refractivity (Wildman–Crippen MR) is 62.0 cm³/mol. The van der Waals surface area contributed by atoms with Crippen molar-refractivity contribution in [3.05, 3.63) is 35.7 Å². The van der Waals surface area contributed by atoms with Crippen molar-refractivity contribution >= 4 is 17.3 Å². The number of carbonyl (C=O) groups is 2. The number of aromatic nitrogens is 2. The van der Waals surface area contributed by atoms with Crippen LogP contribution in [0.15, 0.2) is 24.4 Å². The summed E-state index contributed by atoms with van der Waals surface area (Å²) in [5, 5.41) is 9.07. The zero-order valence-electron chi connectivity index (χ0n) is 9.52. The first-order chi connectivity index (χ1) is 8.19. The van der Waals surface area contributed by atoms with Gasteiger partial charge in [0.05, 0.1) is 11.1 Å². The number of nitrogens with zero attached hydrogens (tertiary/aromatic N) is 2. The minimum absolute atomic E-state index is 0.123. The lowest BCUT2D eigenvalue weighted by Gasteiger charge is -2.00. The second kappa shape index (κ2) is 4.25. The maximum absolute atomic E-state index is 11.8. The van der Waals surface area contributed by atoms with Gasteiger partial charge in [-0.25, -0.2) is 4.52 Å². The first-order valence-corrected chi connectivity index (χ1v) is 5.10. The van der Waals surface area contributed by atoms with Gasteiger partial charge >= 0.3 is 0 Å². The molecule has 0 fully saturated rings. The van der Waals surface area contributed by atoms with Crippen molar-refractivity contribution in [2.75, 3.05) is 14.1 Å².